The number of para-hydroxylation sites is 1. The van der Waals surface area contributed by atoms with Crippen molar-refractivity contribution in [3.05, 3.63) is 35.5 Å². The highest BCUT2D eigenvalue weighted by Gasteiger charge is 2.43. The Labute approximate surface area is 126 Å². The third-order valence-corrected chi connectivity index (χ3v) is 4.28. The molecule has 22 heavy (non-hydrogen) atoms. The van der Waals surface area contributed by atoms with Crippen LogP contribution < -0.4 is 0 Å². The number of nitrogens with one attached hydrogen (secondary N) is 1. The van der Waals surface area contributed by atoms with Gasteiger partial charge in [0.25, 0.3) is 5.91 Å². The Morgan fingerprint density at radius 3 is 2.77 bits per heavy atom. The van der Waals surface area contributed by atoms with E-state index in [0.29, 0.717) is 24.2 Å². The van der Waals surface area contributed by atoms with Crippen molar-refractivity contribution in [2.45, 2.75) is 25.9 Å². The van der Waals surface area contributed by atoms with Gasteiger partial charge in [0.2, 0.25) is 0 Å². The van der Waals surface area contributed by atoms with Crippen LogP contribution in [0.25, 0.3) is 10.9 Å². The molecule has 1 aliphatic rings. The van der Waals surface area contributed by atoms with E-state index >= 15 is 0 Å². The summed E-state index contributed by atoms with van der Waals surface area (Å²) in [6, 6.07) is 7.35. The molecule has 1 N–H and O–H groups in total. The Bertz CT molecular complexity index is 705. The summed E-state index contributed by atoms with van der Waals surface area (Å²) in [4.78, 5) is 17.2. The predicted molar refractivity (Wildman–Crippen MR) is 77.7 cm³/mol. The van der Waals surface area contributed by atoms with Crippen LogP contribution in [0.1, 0.15) is 28.9 Å². The number of nitrogens with zero attached hydrogens (tertiary/aromatic N) is 1. The fraction of sp³-hybridized carbons (Fsp3) is 0.438. The quantitative estimate of drug-likeness (QED) is 0.852. The molecule has 1 fully saturated rings. The molecule has 1 atom stereocenters. The molecule has 3 rings (SSSR count). The number of amides is 1. The van der Waals surface area contributed by atoms with Gasteiger partial charge in [0.15, 0.2) is 0 Å². The number of aromatic nitrogens is 1. The highest BCUT2D eigenvalue weighted by Crippen LogP contribution is 2.34. The summed E-state index contributed by atoms with van der Waals surface area (Å²) in [6.07, 6.45) is -3.76. The van der Waals surface area contributed by atoms with Crippen LogP contribution >= 0.6 is 0 Å². The van der Waals surface area contributed by atoms with Gasteiger partial charge in [-0.1, -0.05) is 18.2 Å². The van der Waals surface area contributed by atoms with Crippen LogP contribution in [0.5, 0.6) is 0 Å². The van der Waals surface area contributed by atoms with E-state index in [0.717, 1.165) is 10.9 Å². The molecule has 0 radical (unpaired) electrons. The number of aromatic amines is 1. The zero-order valence-corrected chi connectivity index (χ0v) is 12.2. The van der Waals surface area contributed by atoms with Crippen LogP contribution in [0, 0.1) is 12.8 Å². The first kappa shape index (κ1) is 14.9. The van der Waals surface area contributed by atoms with Gasteiger partial charge in [-0.05, 0) is 25.8 Å². The Morgan fingerprint density at radius 1 is 1.32 bits per heavy atom. The molecule has 1 aromatic carbocycles. The first-order chi connectivity index (χ1) is 10.4. The third kappa shape index (κ3) is 2.58. The molecule has 0 aliphatic carbocycles. The summed E-state index contributed by atoms with van der Waals surface area (Å²) < 4.78 is 38.7. The van der Waals surface area contributed by atoms with Crippen molar-refractivity contribution in [3.8, 4) is 0 Å². The molecule has 0 spiro atoms. The van der Waals surface area contributed by atoms with Crippen molar-refractivity contribution in [2.75, 3.05) is 13.1 Å². The van der Waals surface area contributed by atoms with Gasteiger partial charge in [0.05, 0.1) is 11.5 Å². The zero-order chi connectivity index (χ0) is 15.9. The predicted octanol–water partition coefficient (Wildman–Crippen LogP) is 3.89. The van der Waals surface area contributed by atoms with Gasteiger partial charge < -0.3 is 9.88 Å². The molecule has 3 nitrogen and oxygen atoms in total. The Kier molecular flexibility index (Phi) is 3.62. The highest BCUT2D eigenvalue weighted by atomic mass is 19.4. The first-order valence-corrected chi connectivity index (χ1v) is 7.31. The van der Waals surface area contributed by atoms with Gasteiger partial charge in [-0.15, -0.1) is 0 Å². The smallest absolute Gasteiger partial charge is 0.358 e. The second kappa shape index (κ2) is 5.34. The second-order valence-corrected chi connectivity index (χ2v) is 5.80. The van der Waals surface area contributed by atoms with Crippen LogP contribution in [0.3, 0.4) is 0 Å². The number of carbonyl (C=O) groups is 1. The highest BCUT2D eigenvalue weighted by molar-refractivity contribution is 6.08. The van der Waals surface area contributed by atoms with E-state index in [9.17, 15) is 18.0 Å². The molecule has 0 saturated carbocycles. The molecule has 1 saturated heterocycles. The molecular weight excluding hydrogens is 293 g/mol. The molecule has 1 aliphatic heterocycles. The summed E-state index contributed by atoms with van der Waals surface area (Å²) in [7, 11) is 0. The number of rotatable bonds is 1. The standard InChI is InChI=1S/C16H17F3N2O/c1-10-14(12-6-2-3-7-13(12)20-10)15(22)21-8-4-5-11(9-21)16(17,18)19/h2-3,6-7,11,20H,4-5,8-9H2,1H3. The van der Waals surface area contributed by atoms with Crippen molar-refractivity contribution < 1.29 is 18.0 Å². The van der Waals surface area contributed by atoms with E-state index in [1.165, 1.54) is 4.90 Å². The first-order valence-electron chi connectivity index (χ1n) is 7.31. The number of H-pyrrole nitrogens is 1. The minimum Gasteiger partial charge on any atom is -0.358 e. The monoisotopic (exact) mass is 310 g/mol. The Balaban J connectivity index is 1.91. The molecule has 1 amide bonds. The van der Waals surface area contributed by atoms with Crippen molar-refractivity contribution in [1.82, 2.24) is 9.88 Å². The maximum atomic E-state index is 12.9. The molecular formula is C16H17F3N2O. The summed E-state index contributed by atoms with van der Waals surface area (Å²) in [6.45, 7) is 1.91. The zero-order valence-electron chi connectivity index (χ0n) is 12.2. The van der Waals surface area contributed by atoms with Crippen molar-refractivity contribution in [1.29, 1.82) is 0 Å². The van der Waals surface area contributed by atoms with Crippen molar-refractivity contribution in [3.63, 3.8) is 0 Å². The number of benzene rings is 1. The Hall–Kier alpha value is -1.98. The van der Waals surface area contributed by atoms with Gasteiger partial charge in [-0.25, -0.2) is 0 Å². The van der Waals surface area contributed by atoms with Gasteiger partial charge in [-0.3, -0.25) is 4.79 Å². The van der Waals surface area contributed by atoms with Gasteiger partial charge in [0, 0.05) is 29.7 Å². The minimum absolute atomic E-state index is 0.0974. The number of carbonyl (C=O) groups excluding carboxylic acids is 1. The van der Waals surface area contributed by atoms with Crippen LogP contribution in [-0.4, -0.2) is 35.1 Å². The summed E-state index contributed by atoms with van der Waals surface area (Å²) in [5, 5.41) is 0.763. The fourth-order valence-electron chi connectivity index (χ4n) is 3.14. The van der Waals surface area contributed by atoms with Gasteiger partial charge in [-0.2, -0.15) is 13.2 Å². The molecule has 1 aromatic heterocycles. The molecule has 6 heteroatoms. The second-order valence-electron chi connectivity index (χ2n) is 5.80. The van der Waals surface area contributed by atoms with E-state index < -0.39 is 12.1 Å². The molecule has 2 heterocycles. The Morgan fingerprint density at radius 2 is 2.05 bits per heavy atom. The average molecular weight is 310 g/mol. The normalized spacial score (nSPS) is 19.6. The van der Waals surface area contributed by atoms with E-state index in [4.69, 9.17) is 0 Å². The van der Waals surface area contributed by atoms with Crippen LogP contribution in [0.2, 0.25) is 0 Å². The summed E-state index contributed by atoms with van der Waals surface area (Å²) in [5.41, 5.74) is 2.01. The number of likely N-dealkylation sites (tertiary alicyclic amines) is 1. The lowest BCUT2D eigenvalue weighted by atomic mass is 9.96. The molecule has 118 valence electrons. The van der Waals surface area contributed by atoms with Crippen LogP contribution in [-0.2, 0) is 0 Å². The maximum Gasteiger partial charge on any atom is 0.393 e. The van der Waals surface area contributed by atoms with Gasteiger partial charge >= 0.3 is 6.18 Å². The SMILES string of the molecule is Cc1[nH]c2ccccc2c1C(=O)N1CCCC(C(F)(F)F)C1. The van der Waals surface area contributed by atoms with E-state index in [1.807, 2.05) is 24.3 Å². The van der Waals surface area contributed by atoms with Crippen LogP contribution in [0.15, 0.2) is 24.3 Å². The number of fused-ring (bicyclic) bond motifs is 1. The van der Waals surface area contributed by atoms with Crippen molar-refractivity contribution in [2.24, 2.45) is 5.92 Å². The third-order valence-electron chi connectivity index (χ3n) is 4.28. The van der Waals surface area contributed by atoms with Crippen molar-refractivity contribution >= 4 is 16.8 Å². The topological polar surface area (TPSA) is 36.1 Å². The van der Waals surface area contributed by atoms with E-state index in [2.05, 4.69) is 4.98 Å². The average Bonchev–Trinajstić information content (AvgIpc) is 2.81. The van der Waals surface area contributed by atoms with E-state index in [-0.39, 0.29) is 18.9 Å². The fourth-order valence-corrected chi connectivity index (χ4v) is 3.14. The molecule has 2 aromatic rings. The van der Waals surface area contributed by atoms with Gasteiger partial charge in [0.1, 0.15) is 0 Å². The molecule has 1 unspecified atom stereocenters. The summed E-state index contributed by atoms with van der Waals surface area (Å²) in [5.74, 6) is -1.74. The van der Waals surface area contributed by atoms with Crippen LogP contribution in [0.4, 0.5) is 13.2 Å². The summed E-state index contributed by atoms with van der Waals surface area (Å²) >= 11 is 0. The minimum atomic E-state index is -4.24. The number of hydrogen-bond donors (Lipinski definition) is 1. The largest absolute Gasteiger partial charge is 0.393 e. The maximum absolute atomic E-state index is 12.9. The number of aryl methyl sites for hydroxylation is 1. The number of alkyl halides is 3. The number of hydrogen-bond acceptors (Lipinski definition) is 1. The lowest BCUT2D eigenvalue weighted by Gasteiger charge is -2.33. The number of piperidine rings is 1. The van der Waals surface area contributed by atoms with E-state index in [1.54, 1.807) is 6.92 Å². The lowest BCUT2D eigenvalue weighted by molar-refractivity contribution is -0.184. The number of halogens is 3. The molecule has 0 bridgehead atoms. The lowest BCUT2D eigenvalue weighted by Crippen LogP contribution is -2.44.